The minimum absolute atomic E-state index is 0.0990. The molecule has 2 aromatic rings. The summed E-state index contributed by atoms with van der Waals surface area (Å²) in [5, 5.41) is 10.1. The summed E-state index contributed by atoms with van der Waals surface area (Å²) >= 11 is 0. The van der Waals surface area contributed by atoms with Crippen molar-refractivity contribution in [3.05, 3.63) is 47.4 Å². The van der Waals surface area contributed by atoms with E-state index in [-0.39, 0.29) is 11.7 Å². The average Bonchev–Trinajstić information content (AvgIpc) is 2.94. The lowest BCUT2D eigenvalue weighted by Crippen LogP contribution is -2.35. The fourth-order valence-corrected chi connectivity index (χ4v) is 2.78. The summed E-state index contributed by atoms with van der Waals surface area (Å²) in [6.07, 6.45) is 4.01. The number of rotatable bonds is 2. The number of para-hydroxylation sites is 1. The Bertz CT molecular complexity index is 645. The number of carbonyl (C=O) groups is 1. The lowest BCUT2D eigenvalue weighted by atomic mass is 10.00. The maximum Gasteiger partial charge on any atom is 0.261 e. The molecule has 1 aliphatic rings. The maximum atomic E-state index is 12.7. The maximum absolute atomic E-state index is 12.7. The van der Waals surface area contributed by atoms with Crippen LogP contribution < -0.4 is 4.90 Å². The van der Waals surface area contributed by atoms with Gasteiger partial charge >= 0.3 is 0 Å². The lowest BCUT2D eigenvalue weighted by Gasteiger charge is -2.30. The summed E-state index contributed by atoms with van der Waals surface area (Å²) in [6, 6.07) is 7.11. The number of fused-ring (bicyclic) bond motifs is 1. The van der Waals surface area contributed by atoms with Crippen LogP contribution in [0, 0.1) is 0 Å². The van der Waals surface area contributed by atoms with Gasteiger partial charge in [-0.25, -0.2) is 0 Å². The Morgan fingerprint density at radius 2 is 2.25 bits per heavy atom. The van der Waals surface area contributed by atoms with E-state index >= 15 is 0 Å². The third-order valence-corrected chi connectivity index (χ3v) is 3.74. The summed E-state index contributed by atoms with van der Waals surface area (Å²) in [6.45, 7) is 2.58. The van der Waals surface area contributed by atoms with Crippen LogP contribution in [-0.2, 0) is 12.8 Å². The molecule has 1 aliphatic heterocycles. The van der Waals surface area contributed by atoms with Gasteiger partial charge in [0.2, 0.25) is 0 Å². The molecule has 0 unspecified atom stereocenters. The van der Waals surface area contributed by atoms with E-state index in [1.165, 1.54) is 0 Å². The largest absolute Gasteiger partial charge is 0.506 e. The van der Waals surface area contributed by atoms with Crippen molar-refractivity contribution in [2.24, 2.45) is 0 Å². The van der Waals surface area contributed by atoms with Crippen molar-refractivity contribution in [2.75, 3.05) is 11.4 Å². The second kappa shape index (κ2) is 5.04. The average molecular weight is 271 g/mol. The predicted octanol–water partition coefficient (Wildman–Crippen LogP) is 3.14. The quantitative estimate of drug-likeness (QED) is 0.913. The molecule has 1 amide bonds. The van der Waals surface area contributed by atoms with Crippen molar-refractivity contribution >= 4 is 11.6 Å². The Hall–Kier alpha value is -2.23. The minimum Gasteiger partial charge on any atom is -0.506 e. The summed E-state index contributed by atoms with van der Waals surface area (Å²) in [7, 11) is 0. The molecule has 104 valence electrons. The Labute approximate surface area is 117 Å². The molecule has 0 atom stereocenters. The number of carbonyl (C=O) groups excluding carboxylic acids is 1. The van der Waals surface area contributed by atoms with E-state index in [1.807, 2.05) is 19.1 Å². The van der Waals surface area contributed by atoms with Crippen molar-refractivity contribution in [1.29, 1.82) is 0 Å². The van der Waals surface area contributed by atoms with Crippen molar-refractivity contribution in [1.82, 2.24) is 0 Å². The van der Waals surface area contributed by atoms with Crippen LogP contribution in [0.5, 0.6) is 5.75 Å². The lowest BCUT2D eigenvalue weighted by molar-refractivity contribution is 0.0982. The van der Waals surface area contributed by atoms with Crippen molar-refractivity contribution < 1.29 is 14.3 Å². The van der Waals surface area contributed by atoms with Gasteiger partial charge in [0.05, 0.1) is 17.5 Å². The first kappa shape index (κ1) is 12.8. The third-order valence-electron chi connectivity index (χ3n) is 3.74. The molecule has 1 N–H and O–H groups in total. The molecule has 0 fully saturated rings. The number of nitrogens with zero attached hydrogens (tertiary/aromatic N) is 1. The Balaban J connectivity index is 2.03. The van der Waals surface area contributed by atoms with E-state index in [9.17, 15) is 9.90 Å². The molecular formula is C16H17NO3. The topological polar surface area (TPSA) is 53.7 Å². The summed E-state index contributed by atoms with van der Waals surface area (Å²) in [5.41, 5.74) is 2.25. The molecule has 0 radical (unpaired) electrons. The van der Waals surface area contributed by atoms with Gasteiger partial charge in [0.1, 0.15) is 11.5 Å². The Morgan fingerprint density at radius 1 is 1.40 bits per heavy atom. The van der Waals surface area contributed by atoms with Crippen LogP contribution in [0.25, 0.3) is 0 Å². The Kier molecular flexibility index (Phi) is 3.22. The van der Waals surface area contributed by atoms with Crippen LogP contribution in [0.2, 0.25) is 0 Å². The summed E-state index contributed by atoms with van der Waals surface area (Å²) in [4.78, 5) is 14.4. The van der Waals surface area contributed by atoms with Crippen LogP contribution in [0.1, 0.15) is 35.0 Å². The molecule has 4 nitrogen and oxygen atoms in total. The van der Waals surface area contributed by atoms with Gasteiger partial charge in [0.25, 0.3) is 5.91 Å². The van der Waals surface area contributed by atoms with Crippen LogP contribution in [0.3, 0.4) is 0 Å². The van der Waals surface area contributed by atoms with Crippen LogP contribution >= 0.6 is 0 Å². The Morgan fingerprint density at radius 3 is 3.05 bits per heavy atom. The van der Waals surface area contributed by atoms with Gasteiger partial charge in [-0.1, -0.05) is 19.1 Å². The SMILES string of the molecule is CCc1occc1C(=O)N1CCCc2cccc(O)c21. The molecule has 4 heteroatoms. The smallest absolute Gasteiger partial charge is 0.261 e. The molecule has 0 spiro atoms. The molecule has 0 saturated carbocycles. The second-order valence-electron chi connectivity index (χ2n) is 4.96. The van der Waals surface area contributed by atoms with Crippen LogP contribution in [0.4, 0.5) is 5.69 Å². The third kappa shape index (κ3) is 1.97. The number of aryl methyl sites for hydroxylation is 2. The number of phenolic OH excluding ortho intramolecular Hbond substituents is 1. The zero-order valence-corrected chi connectivity index (χ0v) is 11.4. The zero-order chi connectivity index (χ0) is 14.1. The molecule has 1 aromatic carbocycles. The highest BCUT2D eigenvalue weighted by Gasteiger charge is 2.28. The van der Waals surface area contributed by atoms with Gasteiger partial charge < -0.3 is 14.4 Å². The van der Waals surface area contributed by atoms with Gasteiger partial charge in [0.15, 0.2) is 0 Å². The molecule has 20 heavy (non-hydrogen) atoms. The number of benzene rings is 1. The van der Waals surface area contributed by atoms with Gasteiger partial charge in [-0.05, 0) is 30.5 Å². The van der Waals surface area contributed by atoms with Gasteiger partial charge in [-0.3, -0.25) is 4.79 Å². The molecule has 3 rings (SSSR count). The summed E-state index contributed by atoms with van der Waals surface area (Å²) < 4.78 is 5.33. The van der Waals surface area contributed by atoms with E-state index in [4.69, 9.17) is 4.42 Å². The molecule has 2 heterocycles. The molecule has 1 aromatic heterocycles. The number of phenols is 1. The molecule has 0 saturated heterocycles. The van der Waals surface area contributed by atoms with E-state index in [0.717, 1.165) is 18.4 Å². The highest BCUT2D eigenvalue weighted by molar-refractivity contribution is 6.08. The fraction of sp³-hybridized carbons (Fsp3) is 0.312. The van der Waals surface area contributed by atoms with Gasteiger partial charge in [-0.15, -0.1) is 0 Å². The normalized spacial score (nSPS) is 14.2. The number of aromatic hydroxyl groups is 1. The van der Waals surface area contributed by atoms with Crippen molar-refractivity contribution in [3.8, 4) is 5.75 Å². The minimum atomic E-state index is -0.0990. The predicted molar refractivity (Wildman–Crippen MR) is 76.2 cm³/mol. The second-order valence-corrected chi connectivity index (χ2v) is 4.96. The fourth-order valence-electron chi connectivity index (χ4n) is 2.78. The molecule has 0 aliphatic carbocycles. The summed E-state index contributed by atoms with van der Waals surface area (Å²) in [5.74, 6) is 0.757. The molecular weight excluding hydrogens is 254 g/mol. The molecule has 0 bridgehead atoms. The van der Waals surface area contributed by atoms with E-state index in [1.54, 1.807) is 23.3 Å². The van der Waals surface area contributed by atoms with Gasteiger partial charge in [0, 0.05) is 13.0 Å². The number of hydrogen-bond acceptors (Lipinski definition) is 3. The highest BCUT2D eigenvalue weighted by atomic mass is 16.3. The van der Waals surface area contributed by atoms with Gasteiger partial charge in [-0.2, -0.15) is 0 Å². The van der Waals surface area contributed by atoms with Crippen molar-refractivity contribution in [2.45, 2.75) is 26.2 Å². The monoisotopic (exact) mass is 271 g/mol. The van der Waals surface area contributed by atoms with E-state index in [2.05, 4.69) is 0 Å². The first-order valence-corrected chi connectivity index (χ1v) is 6.91. The zero-order valence-electron chi connectivity index (χ0n) is 11.4. The van der Waals surface area contributed by atoms with Crippen molar-refractivity contribution in [3.63, 3.8) is 0 Å². The standard InChI is InChI=1S/C16H17NO3/c1-2-14-12(8-10-20-14)16(19)17-9-4-6-11-5-3-7-13(18)15(11)17/h3,5,7-8,10,18H,2,4,6,9H2,1H3. The number of anilines is 1. The van der Waals surface area contributed by atoms with E-state index in [0.29, 0.717) is 30.0 Å². The first-order chi connectivity index (χ1) is 9.72. The number of hydrogen-bond donors (Lipinski definition) is 1. The van der Waals surface area contributed by atoms with Crippen LogP contribution in [-0.4, -0.2) is 17.6 Å². The number of furan rings is 1. The van der Waals surface area contributed by atoms with Crippen LogP contribution in [0.15, 0.2) is 34.9 Å². The number of amides is 1. The van der Waals surface area contributed by atoms with E-state index < -0.39 is 0 Å². The first-order valence-electron chi connectivity index (χ1n) is 6.91. The highest BCUT2D eigenvalue weighted by Crippen LogP contribution is 2.36.